The molecule has 0 rings (SSSR count). The third-order valence-corrected chi connectivity index (χ3v) is 11.2. The minimum Gasteiger partial charge on any atom is -0.462 e. The van der Waals surface area contributed by atoms with Crippen LogP contribution in [-0.4, -0.2) is 37.2 Å². The molecule has 1 unspecified atom stereocenters. The van der Waals surface area contributed by atoms with E-state index < -0.39 is 6.10 Å². The fourth-order valence-corrected chi connectivity index (χ4v) is 7.36. The van der Waals surface area contributed by atoms with Crippen molar-refractivity contribution in [3.63, 3.8) is 0 Å². The number of ether oxygens (including phenoxy) is 3. The van der Waals surface area contributed by atoms with E-state index in [1.54, 1.807) is 0 Å². The molecule has 6 heteroatoms. The van der Waals surface area contributed by atoms with Crippen LogP contribution in [0.25, 0.3) is 0 Å². The van der Waals surface area contributed by atoms with Crippen molar-refractivity contribution < 1.29 is 28.6 Å². The number of carbonyl (C=O) groups excluding carboxylic acids is 3. The van der Waals surface area contributed by atoms with E-state index >= 15 is 0 Å². The first-order valence-corrected chi connectivity index (χ1v) is 25.3. The third kappa shape index (κ3) is 45.0. The number of esters is 3. The van der Waals surface area contributed by atoms with E-state index in [-0.39, 0.29) is 31.1 Å². The molecule has 0 fully saturated rings. The van der Waals surface area contributed by atoms with Gasteiger partial charge in [0.05, 0.1) is 0 Å². The van der Waals surface area contributed by atoms with Gasteiger partial charge in [-0.2, -0.15) is 0 Å². The van der Waals surface area contributed by atoms with Crippen LogP contribution in [0.15, 0.2) is 24.3 Å². The Balaban J connectivity index is 4.24. The van der Waals surface area contributed by atoms with Gasteiger partial charge in [-0.3, -0.25) is 14.4 Å². The highest BCUT2D eigenvalue weighted by atomic mass is 16.6. The normalized spacial score (nSPS) is 12.1. The average Bonchev–Trinajstić information content (AvgIpc) is 3.22. The molecule has 0 radical (unpaired) electrons. The van der Waals surface area contributed by atoms with Gasteiger partial charge < -0.3 is 14.2 Å². The molecule has 0 N–H and O–H groups in total. The van der Waals surface area contributed by atoms with E-state index in [1.807, 2.05) is 0 Å². The van der Waals surface area contributed by atoms with Crippen molar-refractivity contribution in [1.82, 2.24) is 0 Å². The van der Waals surface area contributed by atoms with Gasteiger partial charge in [0.1, 0.15) is 13.2 Å². The lowest BCUT2D eigenvalue weighted by Crippen LogP contribution is -2.30. The lowest BCUT2D eigenvalue weighted by Gasteiger charge is -2.18. The van der Waals surface area contributed by atoms with Gasteiger partial charge in [0.15, 0.2) is 6.10 Å². The van der Waals surface area contributed by atoms with E-state index in [4.69, 9.17) is 14.2 Å². The standard InChI is InChI=1S/C52H96O6/c1-4-7-10-13-16-19-21-23-24-25-26-27-28-30-31-33-36-39-42-45-51(54)57-48-49(47-56-50(53)44-41-38-35-18-15-12-9-6-3)58-52(55)46-43-40-37-34-32-29-22-20-17-14-11-8-5-2/h16,19,23-24,49H,4-15,17-18,20-22,25-48H2,1-3H3/b19-16-,24-23-. The van der Waals surface area contributed by atoms with E-state index in [0.29, 0.717) is 19.3 Å². The Morgan fingerprint density at radius 2 is 0.621 bits per heavy atom. The number of carbonyl (C=O) groups is 3. The van der Waals surface area contributed by atoms with Gasteiger partial charge in [-0.1, -0.05) is 225 Å². The average molecular weight is 817 g/mol. The summed E-state index contributed by atoms with van der Waals surface area (Å²) in [6.07, 6.45) is 53.1. The first kappa shape index (κ1) is 55.9. The summed E-state index contributed by atoms with van der Waals surface area (Å²) >= 11 is 0. The van der Waals surface area contributed by atoms with Gasteiger partial charge in [-0.25, -0.2) is 0 Å². The van der Waals surface area contributed by atoms with Crippen molar-refractivity contribution in [2.75, 3.05) is 13.2 Å². The molecule has 6 nitrogen and oxygen atoms in total. The molecule has 0 aliphatic carbocycles. The predicted molar refractivity (Wildman–Crippen MR) is 247 cm³/mol. The van der Waals surface area contributed by atoms with Crippen LogP contribution in [0.2, 0.25) is 0 Å². The van der Waals surface area contributed by atoms with Crippen molar-refractivity contribution in [1.29, 1.82) is 0 Å². The molecular weight excluding hydrogens is 721 g/mol. The van der Waals surface area contributed by atoms with Gasteiger partial charge in [0, 0.05) is 19.3 Å². The highest BCUT2D eigenvalue weighted by molar-refractivity contribution is 5.71. The summed E-state index contributed by atoms with van der Waals surface area (Å²) < 4.78 is 16.7. The zero-order valence-electron chi connectivity index (χ0n) is 38.8. The lowest BCUT2D eigenvalue weighted by molar-refractivity contribution is -0.167. The molecule has 0 aliphatic heterocycles. The summed E-state index contributed by atoms with van der Waals surface area (Å²) in [6.45, 7) is 6.60. The van der Waals surface area contributed by atoms with E-state index in [9.17, 15) is 14.4 Å². The van der Waals surface area contributed by atoms with Crippen molar-refractivity contribution in [3.05, 3.63) is 24.3 Å². The van der Waals surface area contributed by atoms with Crippen LogP contribution >= 0.6 is 0 Å². The predicted octanol–water partition coefficient (Wildman–Crippen LogP) is 16.4. The molecule has 0 aromatic carbocycles. The van der Waals surface area contributed by atoms with E-state index in [0.717, 1.165) is 64.2 Å². The van der Waals surface area contributed by atoms with Crippen molar-refractivity contribution in [2.24, 2.45) is 0 Å². The second-order valence-corrected chi connectivity index (χ2v) is 17.1. The molecule has 0 saturated heterocycles. The van der Waals surface area contributed by atoms with Crippen LogP contribution in [0, 0.1) is 0 Å². The summed E-state index contributed by atoms with van der Waals surface area (Å²) in [6, 6.07) is 0. The molecule has 0 amide bonds. The fraction of sp³-hybridized carbons (Fsp3) is 0.865. The molecule has 0 spiro atoms. The summed E-state index contributed by atoms with van der Waals surface area (Å²) in [7, 11) is 0. The summed E-state index contributed by atoms with van der Waals surface area (Å²) in [5.74, 6) is -0.865. The monoisotopic (exact) mass is 817 g/mol. The van der Waals surface area contributed by atoms with Crippen molar-refractivity contribution in [2.45, 2.75) is 277 Å². The minimum atomic E-state index is -0.765. The molecule has 58 heavy (non-hydrogen) atoms. The zero-order valence-corrected chi connectivity index (χ0v) is 38.8. The Morgan fingerprint density at radius 1 is 0.345 bits per heavy atom. The van der Waals surface area contributed by atoms with Crippen LogP contribution in [0.5, 0.6) is 0 Å². The molecule has 0 saturated carbocycles. The van der Waals surface area contributed by atoms with Gasteiger partial charge in [-0.05, 0) is 51.4 Å². The van der Waals surface area contributed by atoms with Gasteiger partial charge in [0.2, 0.25) is 0 Å². The topological polar surface area (TPSA) is 78.9 Å². The number of allylic oxidation sites excluding steroid dienone is 4. The van der Waals surface area contributed by atoms with Crippen LogP contribution in [0.4, 0.5) is 0 Å². The van der Waals surface area contributed by atoms with E-state index in [2.05, 4.69) is 45.1 Å². The van der Waals surface area contributed by atoms with Crippen LogP contribution in [0.1, 0.15) is 271 Å². The molecule has 0 bridgehead atoms. The molecule has 0 aliphatic rings. The zero-order chi connectivity index (χ0) is 42.3. The molecule has 0 heterocycles. The molecule has 340 valence electrons. The van der Waals surface area contributed by atoms with Gasteiger partial charge in [0.25, 0.3) is 0 Å². The Morgan fingerprint density at radius 3 is 0.983 bits per heavy atom. The van der Waals surface area contributed by atoms with Gasteiger partial charge >= 0.3 is 17.9 Å². The first-order chi connectivity index (χ1) is 28.5. The number of unbranched alkanes of at least 4 members (excludes halogenated alkanes) is 31. The Labute approximate surface area is 360 Å². The number of hydrogen-bond donors (Lipinski definition) is 0. The molecule has 0 aromatic heterocycles. The number of rotatable bonds is 46. The largest absolute Gasteiger partial charge is 0.462 e. The number of hydrogen-bond acceptors (Lipinski definition) is 6. The highest BCUT2D eigenvalue weighted by Gasteiger charge is 2.19. The Bertz CT molecular complexity index is 942. The highest BCUT2D eigenvalue weighted by Crippen LogP contribution is 2.16. The molecule has 0 aromatic rings. The molecular formula is C52H96O6. The summed E-state index contributed by atoms with van der Waals surface area (Å²) in [5, 5.41) is 0. The SMILES string of the molecule is CCCCC/C=C\C/C=C\CCCCCCCCCCCC(=O)OCC(COC(=O)CCCCCCCCCC)OC(=O)CCCCCCCCCCCCCCC. The smallest absolute Gasteiger partial charge is 0.306 e. The summed E-state index contributed by atoms with van der Waals surface area (Å²) in [4.78, 5) is 37.8. The fourth-order valence-electron chi connectivity index (χ4n) is 7.36. The maximum atomic E-state index is 12.7. The quantitative estimate of drug-likeness (QED) is 0.0263. The maximum absolute atomic E-state index is 12.7. The summed E-state index contributed by atoms with van der Waals surface area (Å²) in [5.41, 5.74) is 0. The molecule has 1 atom stereocenters. The van der Waals surface area contributed by atoms with Crippen molar-refractivity contribution in [3.8, 4) is 0 Å². The second-order valence-electron chi connectivity index (χ2n) is 17.1. The lowest BCUT2D eigenvalue weighted by atomic mass is 10.0. The van der Waals surface area contributed by atoms with Gasteiger partial charge in [-0.15, -0.1) is 0 Å². The third-order valence-electron chi connectivity index (χ3n) is 11.2. The van der Waals surface area contributed by atoms with Crippen LogP contribution in [-0.2, 0) is 28.6 Å². The Hall–Kier alpha value is -2.11. The van der Waals surface area contributed by atoms with E-state index in [1.165, 1.54) is 167 Å². The second kappa shape index (κ2) is 47.6. The Kier molecular flexibility index (Phi) is 45.8. The van der Waals surface area contributed by atoms with Crippen molar-refractivity contribution >= 4 is 17.9 Å². The van der Waals surface area contributed by atoms with Crippen LogP contribution in [0.3, 0.4) is 0 Å². The minimum absolute atomic E-state index is 0.0684. The first-order valence-electron chi connectivity index (χ1n) is 25.3. The van der Waals surface area contributed by atoms with Crippen LogP contribution < -0.4 is 0 Å². The maximum Gasteiger partial charge on any atom is 0.306 e.